The van der Waals surface area contributed by atoms with Crippen molar-refractivity contribution in [1.29, 1.82) is 0 Å². The van der Waals surface area contributed by atoms with E-state index in [4.69, 9.17) is 5.84 Å². The largest absolute Gasteiger partial charge is 0.271 e. The first-order valence-corrected chi connectivity index (χ1v) is 5.81. The zero-order chi connectivity index (χ0) is 11.4. The maximum Gasteiger partial charge on any atom is 0.146 e. The van der Waals surface area contributed by atoms with Gasteiger partial charge in [0.15, 0.2) is 0 Å². The second-order valence-electron chi connectivity index (χ2n) is 3.41. The van der Waals surface area contributed by atoms with Crippen LogP contribution in [0, 0.1) is 6.92 Å². The highest BCUT2D eigenvalue weighted by Gasteiger charge is 2.14. The monoisotopic (exact) mass is 235 g/mol. The third kappa shape index (κ3) is 2.60. The van der Waals surface area contributed by atoms with Crippen LogP contribution in [0.15, 0.2) is 23.8 Å². The molecule has 0 amide bonds. The lowest BCUT2D eigenvalue weighted by atomic mass is 10.2. The number of hydrazine groups is 1. The zero-order valence-electron chi connectivity index (χ0n) is 8.92. The van der Waals surface area contributed by atoms with Gasteiger partial charge < -0.3 is 0 Å². The fraction of sp³-hybridized carbons (Fsp3) is 0.300. The van der Waals surface area contributed by atoms with E-state index in [0.717, 1.165) is 10.7 Å². The molecule has 0 aromatic carbocycles. The van der Waals surface area contributed by atoms with Gasteiger partial charge >= 0.3 is 0 Å². The first kappa shape index (κ1) is 11.1. The van der Waals surface area contributed by atoms with Crippen LogP contribution >= 0.6 is 11.3 Å². The summed E-state index contributed by atoms with van der Waals surface area (Å²) in [6.07, 6.45) is 4.12. The molecule has 0 aliphatic rings. The van der Waals surface area contributed by atoms with Crippen molar-refractivity contribution in [2.45, 2.75) is 19.4 Å². The number of thiazole rings is 1. The Kier molecular flexibility index (Phi) is 3.55. The third-order valence-corrected chi connectivity index (χ3v) is 3.13. The Balaban J connectivity index is 2.12. The molecule has 0 saturated heterocycles. The number of hydrogen-bond donors (Lipinski definition) is 2. The molecule has 84 valence electrons. The second kappa shape index (κ2) is 5.11. The summed E-state index contributed by atoms with van der Waals surface area (Å²) in [7, 11) is 0. The summed E-state index contributed by atoms with van der Waals surface area (Å²) >= 11 is 1.63. The van der Waals surface area contributed by atoms with Gasteiger partial charge in [-0.15, -0.1) is 11.3 Å². The Morgan fingerprint density at radius 2 is 2.19 bits per heavy atom. The van der Waals surface area contributed by atoms with Crippen molar-refractivity contribution in [1.82, 2.24) is 20.4 Å². The molecular formula is C10H13N5S. The number of aromatic nitrogens is 3. The highest BCUT2D eigenvalue weighted by Crippen LogP contribution is 2.17. The number of hydrogen-bond acceptors (Lipinski definition) is 6. The van der Waals surface area contributed by atoms with E-state index in [-0.39, 0.29) is 6.04 Å². The van der Waals surface area contributed by atoms with Crippen LogP contribution < -0.4 is 11.3 Å². The molecule has 3 N–H and O–H groups in total. The van der Waals surface area contributed by atoms with Gasteiger partial charge in [0.25, 0.3) is 0 Å². The molecule has 16 heavy (non-hydrogen) atoms. The minimum absolute atomic E-state index is 0.0910. The van der Waals surface area contributed by atoms with Crippen LogP contribution in [0.5, 0.6) is 0 Å². The summed E-state index contributed by atoms with van der Waals surface area (Å²) in [6.45, 7) is 1.98. The third-order valence-electron chi connectivity index (χ3n) is 2.14. The molecule has 0 spiro atoms. The average Bonchev–Trinajstić information content (AvgIpc) is 2.73. The maximum atomic E-state index is 5.51. The quantitative estimate of drug-likeness (QED) is 0.610. The van der Waals surface area contributed by atoms with E-state index in [1.165, 1.54) is 0 Å². The molecule has 6 heteroatoms. The van der Waals surface area contributed by atoms with E-state index < -0.39 is 0 Å². The van der Waals surface area contributed by atoms with Gasteiger partial charge in [-0.3, -0.25) is 5.84 Å². The van der Waals surface area contributed by atoms with Crippen LogP contribution in [0.4, 0.5) is 0 Å². The van der Waals surface area contributed by atoms with Gasteiger partial charge in [-0.05, 0) is 13.0 Å². The highest BCUT2D eigenvalue weighted by molar-refractivity contribution is 7.09. The summed E-state index contributed by atoms with van der Waals surface area (Å²) < 4.78 is 0. The fourth-order valence-corrected chi connectivity index (χ4v) is 2.21. The van der Waals surface area contributed by atoms with E-state index in [1.54, 1.807) is 29.8 Å². The Labute approximate surface area is 97.7 Å². The number of nitrogens with one attached hydrogen (secondary N) is 1. The molecule has 0 radical (unpaired) electrons. The summed E-state index contributed by atoms with van der Waals surface area (Å²) in [6, 6.07) is 1.69. The van der Waals surface area contributed by atoms with E-state index in [1.807, 2.05) is 12.3 Å². The first-order valence-electron chi connectivity index (χ1n) is 4.93. The summed E-state index contributed by atoms with van der Waals surface area (Å²) in [5.41, 5.74) is 3.75. The van der Waals surface area contributed by atoms with Gasteiger partial charge in [0.2, 0.25) is 0 Å². The molecule has 0 bridgehead atoms. The predicted octanol–water partition coefficient (Wildman–Crippen LogP) is 0.989. The molecule has 2 heterocycles. The van der Waals surface area contributed by atoms with Gasteiger partial charge in [0.05, 0.1) is 11.0 Å². The van der Waals surface area contributed by atoms with Gasteiger partial charge in [-0.25, -0.2) is 20.4 Å². The minimum atomic E-state index is -0.0910. The van der Waals surface area contributed by atoms with Crippen molar-refractivity contribution in [2.75, 3.05) is 0 Å². The Hall–Kier alpha value is -1.37. The molecule has 0 saturated carbocycles. The topological polar surface area (TPSA) is 76.7 Å². The Morgan fingerprint density at radius 3 is 2.75 bits per heavy atom. The molecule has 0 aliphatic carbocycles. The zero-order valence-corrected chi connectivity index (χ0v) is 9.74. The summed E-state index contributed by atoms with van der Waals surface area (Å²) in [5.74, 6) is 6.20. The van der Waals surface area contributed by atoms with Crippen LogP contribution in [0.3, 0.4) is 0 Å². The molecule has 5 nitrogen and oxygen atoms in total. The van der Waals surface area contributed by atoms with Crippen LogP contribution in [-0.2, 0) is 6.42 Å². The average molecular weight is 235 g/mol. The van der Waals surface area contributed by atoms with E-state index in [2.05, 4.69) is 20.4 Å². The molecule has 2 aromatic heterocycles. The van der Waals surface area contributed by atoms with Crippen LogP contribution in [0.2, 0.25) is 0 Å². The molecule has 2 aromatic rings. The van der Waals surface area contributed by atoms with Crippen molar-refractivity contribution in [3.05, 3.63) is 40.4 Å². The van der Waals surface area contributed by atoms with Crippen LogP contribution in [0.25, 0.3) is 0 Å². The molecule has 0 fully saturated rings. The molecule has 0 aliphatic heterocycles. The van der Waals surface area contributed by atoms with Gasteiger partial charge in [-0.2, -0.15) is 0 Å². The van der Waals surface area contributed by atoms with E-state index >= 15 is 0 Å². The van der Waals surface area contributed by atoms with Crippen molar-refractivity contribution in [3.63, 3.8) is 0 Å². The van der Waals surface area contributed by atoms with Crippen molar-refractivity contribution >= 4 is 11.3 Å². The van der Waals surface area contributed by atoms with Crippen molar-refractivity contribution in [2.24, 2.45) is 5.84 Å². The lowest BCUT2D eigenvalue weighted by Crippen LogP contribution is -2.30. The fourth-order valence-electron chi connectivity index (χ4n) is 1.39. The number of nitrogens with zero attached hydrogens (tertiary/aromatic N) is 3. The Morgan fingerprint density at radius 1 is 1.44 bits per heavy atom. The standard InChI is InChI=1S/C10H13N5S/c1-7-6-16-9(14-7)5-8(15-11)10-12-3-2-4-13-10/h2-4,6,8,15H,5,11H2,1H3. The van der Waals surface area contributed by atoms with Crippen LogP contribution in [-0.4, -0.2) is 15.0 Å². The first-order chi connectivity index (χ1) is 7.79. The Bertz CT molecular complexity index is 441. The lowest BCUT2D eigenvalue weighted by Gasteiger charge is -2.11. The number of rotatable bonds is 4. The van der Waals surface area contributed by atoms with Crippen molar-refractivity contribution < 1.29 is 0 Å². The number of nitrogens with two attached hydrogens (primary N) is 1. The van der Waals surface area contributed by atoms with Gasteiger partial charge in [0, 0.05) is 29.9 Å². The SMILES string of the molecule is Cc1csc(CC(NN)c2ncccn2)n1. The summed E-state index contributed by atoms with van der Waals surface area (Å²) in [5, 5.41) is 3.06. The smallest absolute Gasteiger partial charge is 0.146 e. The van der Waals surface area contributed by atoms with Crippen molar-refractivity contribution in [3.8, 4) is 0 Å². The molecule has 1 unspecified atom stereocenters. The highest BCUT2D eigenvalue weighted by atomic mass is 32.1. The molecule has 1 atom stereocenters. The molecular weight excluding hydrogens is 222 g/mol. The second-order valence-corrected chi connectivity index (χ2v) is 4.36. The number of aryl methyl sites for hydroxylation is 1. The minimum Gasteiger partial charge on any atom is -0.271 e. The van der Waals surface area contributed by atoms with E-state index in [9.17, 15) is 0 Å². The van der Waals surface area contributed by atoms with Gasteiger partial charge in [0.1, 0.15) is 5.82 Å². The van der Waals surface area contributed by atoms with E-state index in [0.29, 0.717) is 12.2 Å². The van der Waals surface area contributed by atoms with Gasteiger partial charge in [-0.1, -0.05) is 0 Å². The predicted molar refractivity (Wildman–Crippen MR) is 62.7 cm³/mol. The normalized spacial score (nSPS) is 12.6. The van der Waals surface area contributed by atoms with Crippen LogP contribution in [0.1, 0.15) is 22.6 Å². The molecule has 2 rings (SSSR count). The maximum absolute atomic E-state index is 5.51. The summed E-state index contributed by atoms with van der Waals surface area (Å²) in [4.78, 5) is 12.7. The lowest BCUT2D eigenvalue weighted by molar-refractivity contribution is 0.521.